The molecule has 1 aromatic carbocycles. The molecule has 1 aromatic heterocycles. The highest BCUT2D eigenvalue weighted by Gasteiger charge is 2.21. The minimum Gasteiger partial charge on any atom is -0.325 e. The van der Waals surface area contributed by atoms with Crippen molar-refractivity contribution >= 4 is 27.0 Å². The van der Waals surface area contributed by atoms with Crippen LogP contribution in [0, 0.1) is 5.92 Å². The van der Waals surface area contributed by atoms with E-state index in [9.17, 15) is 0 Å². The van der Waals surface area contributed by atoms with Crippen LogP contribution in [0.3, 0.4) is 0 Å². The normalized spacial score (nSPS) is 16.4. The first-order valence-corrected chi connectivity index (χ1v) is 7.31. The van der Waals surface area contributed by atoms with Gasteiger partial charge in [0.05, 0.1) is 11.0 Å². The van der Waals surface area contributed by atoms with Crippen LogP contribution in [-0.2, 0) is 6.42 Å². The zero-order chi connectivity index (χ0) is 12.7. The van der Waals surface area contributed by atoms with Crippen molar-refractivity contribution in [2.24, 2.45) is 5.92 Å². The number of aromatic nitrogens is 2. The summed E-state index contributed by atoms with van der Waals surface area (Å²) in [5.74, 6) is 1.98. The Hall–Kier alpha value is -0.870. The molecule has 3 nitrogen and oxygen atoms in total. The fraction of sp³-hybridized carbons (Fsp3) is 0.500. The van der Waals surface area contributed by atoms with Crippen LogP contribution in [0.15, 0.2) is 22.7 Å². The number of rotatable bonds is 3. The molecular formula is C14H18BrN3. The van der Waals surface area contributed by atoms with E-state index in [-0.39, 0.29) is 0 Å². The third-order valence-electron chi connectivity index (χ3n) is 3.58. The maximum absolute atomic E-state index is 4.82. The van der Waals surface area contributed by atoms with E-state index in [2.05, 4.69) is 57.9 Å². The van der Waals surface area contributed by atoms with Crippen LogP contribution in [0.2, 0.25) is 0 Å². The van der Waals surface area contributed by atoms with Crippen LogP contribution >= 0.6 is 15.9 Å². The van der Waals surface area contributed by atoms with Gasteiger partial charge in [-0.15, -0.1) is 0 Å². The molecule has 2 aromatic rings. The molecule has 1 aliphatic rings. The first-order chi connectivity index (χ1) is 8.65. The summed E-state index contributed by atoms with van der Waals surface area (Å²) < 4.78 is 3.47. The van der Waals surface area contributed by atoms with E-state index in [4.69, 9.17) is 4.98 Å². The summed E-state index contributed by atoms with van der Waals surface area (Å²) in [6, 6.07) is 6.82. The first kappa shape index (κ1) is 12.2. The van der Waals surface area contributed by atoms with Crippen LogP contribution < -0.4 is 5.32 Å². The van der Waals surface area contributed by atoms with Gasteiger partial charge in [0.2, 0.25) is 0 Å². The van der Waals surface area contributed by atoms with Gasteiger partial charge in [-0.05, 0) is 51.1 Å². The second kappa shape index (κ2) is 4.67. The molecule has 0 spiro atoms. The molecule has 18 heavy (non-hydrogen) atoms. The smallest absolute Gasteiger partial charge is 0.110 e. The Labute approximate surface area is 116 Å². The third kappa shape index (κ3) is 2.08. The number of halogens is 1. The number of imidazole rings is 1. The van der Waals surface area contributed by atoms with Gasteiger partial charge in [-0.3, -0.25) is 0 Å². The highest BCUT2D eigenvalue weighted by Crippen LogP contribution is 2.26. The van der Waals surface area contributed by atoms with Crippen molar-refractivity contribution in [3.05, 3.63) is 28.5 Å². The van der Waals surface area contributed by atoms with Crippen molar-refractivity contribution in [3.8, 4) is 0 Å². The van der Waals surface area contributed by atoms with Crippen molar-refractivity contribution in [2.45, 2.75) is 26.3 Å². The third-order valence-corrected chi connectivity index (χ3v) is 4.07. The number of hydrogen-bond acceptors (Lipinski definition) is 2. The molecule has 1 saturated heterocycles. The Morgan fingerprint density at radius 3 is 2.83 bits per heavy atom. The molecule has 0 radical (unpaired) electrons. The fourth-order valence-corrected chi connectivity index (χ4v) is 2.94. The van der Waals surface area contributed by atoms with Crippen LogP contribution in [0.1, 0.15) is 25.7 Å². The maximum Gasteiger partial charge on any atom is 0.110 e. The minimum atomic E-state index is 0.458. The van der Waals surface area contributed by atoms with Crippen molar-refractivity contribution in [3.63, 3.8) is 0 Å². The van der Waals surface area contributed by atoms with Gasteiger partial charge in [-0.1, -0.05) is 15.9 Å². The number of nitrogens with zero attached hydrogens (tertiary/aromatic N) is 2. The van der Waals surface area contributed by atoms with Crippen molar-refractivity contribution in [1.82, 2.24) is 14.9 Å². The predicted molar refractivity (Wildman–Crippen MR) is 77.9 cm³/mol. The molecule has 0 unspecified atom stereocenters. The lowest BCUT2D eigenvalue weighted by Gasteiger charge is -2.27. The second-order valence-corrected chi connectivity index (χ2v) is 6.27. The Morgan fingerprint density at radius 1 is 1.44 bits per heavy atom. The number of fused-ring (bicyclic) bond motifs is 1. The average Bonchev–Trinajstić information content (AvgIpc) is 2.60. The summed E-state index contributed by atoms with van der Waals surface area (Å²) in [6.07, 6.45) is 1.08. The monoisotopic (exact) mass is 307 g/mol. The molecule has 1 fully saturated rings. The zero-order valence-electron chi connectivity index (χ0n) is 10.8. The summed E-state index contributed by atoms with van der Waals surface area (Å²) in [5, 5.41) is 3.33. The highest BCUT2D eigenvalue weighted by atomic mass is 79.9. The molecule has 0 aliphatic carbocycles. The quantitative estimate of drug-likeness (QED) is 0.944. The lowest BCUT2D eigenvalue weighted by atomic mass is 9.99. The molecule has 0 saturated carbocycles. The summed E-state index contributed by atoms with van der Waals surface area (Å²) in [7, 11) is 0. The number of nitrogens with one attached hydrogen (secondary N) is 1. The van der Waals surface area contributed by atoms with Crippen LogP contribution in [0.5, 0.6) is 0 Å². The fourth-order valence-electron chi connectivity index (χ4n) is 2.59. The van der Waals surface area contributed by atoms with E-state index >= 15 is 0 Å². The Bertz CT molecular complexity index is 570. The molecule has 1 aliphatic heterocycles. The lowest BCUT2D eigenvalue weighted by molar-refractivity contribution is 0.335. The Balaban J connectivity index is 2.07. The number of benzene rings is 1. The molecule has 4 heteroatoms. The van der Waals surface area contributed by atoms with E-state index in [1.165, 1.54) is 11.3 Å². The molecular weight excluding hydrogens is 290 g/mol. The molecule has 2 heterocycles. The molecule has 3 rings (SSSR count). The summed E-state index contributed by atoms with van der Waals surface area (Å²) in [5.41, 5.74) is 2.34. The van der Waals surface area contributed by atoms with Gasteiger partial charge in [0.15, 0.2) is 0 Å². The summed E-state index contributed by atoms with van der Waals surface area (Å²) in [6.45, 7) is 6.72. The number of hydrogen-bond donors (Lipinski definition) is 1. The lowest BCUT2D eigenvalue weighted by Crippen LogP contribution is -2.43. The van der Waals surface area contributed by atoms with Crippen LogP contribution in [0.25, 0.3) is 11.0 Å². The SMILES string of the molecule is CC(C)n1c(CC2CNC2)nc2cc(Br)ccc21. The zero-order valence-corrected chi connectivity index (χ0v) is 12.4. The summed E-state index contributed by atoms with van der Waals surface area (Å²) in [4.78, 5) is 4.82. The van der Waals surface area contributed by atoms with Gasteiger partial charge in [-0.2, -0.15) is 0 Å². The van der Waals surface area contributed by atoms with Gasteiger partial charge < -0.3 is 9.88 Å². The van der Waals surface area contributed by atoms with Gasteiger partial charge in [-0.25, -0.2) is 4.98 Å². The van der Waals surface area contributed by atoms with Crippen molar-refractivity contribution < 1.29 is 0 Å². The van der Waals surface area contributed by atoms with Gasteiger partial charge >= 0.3 is 0 Å². The van der Waals surface area contributed by atoms with Gasteiger partial charge in [0.1, 0.15) is 5.82 Å². The minimum absolute atomic E-state index is 0.458. The van der Waals surface area contributed by atoms with Crippen molar-refractivity contribution in [1.29, 1.82) is 0 Å². The van der Waals surface area contributed by atoms with Crippen molar-refractivity contribution in [2.75, 3.05) is 13.1 Å². The topological polar surface area (TPSA) is 29.9 Å². The maximum atomic E-state index is 4.82. The Morgan fingerprint density at radius 2 is 2.22 bits per heavy atom. The molecule has 96 valence electrons. The second-order valence-electron chi connectivity index (χ2n) is 5.35. The van der Waals surface area contributed by atoms with E-state index in [1.54, 1.807) is 0 Å². The standard InChI is InChI=1S/C14H18BrN3/c1-9(2)18-13-4-3-11(15)6-12(13)17-14(18)5-10-7-16-8-10/h3-4,6,9-10,16H,5,7-8H2,1-2H3. The Kier molecular flexibility index (Phi) is 3.16. The van der Waals surface area contributed by atoms with E-state index in [0.717, 1.165) is 35.4 Å². The molecule has 0 amide bonds. The first-order valence-electron chi connectivity index (χ1n) is 6.52. The van der Waals surface area contributed by atoms with E-state index in [0.29, 0.717) is 6.04 Å². The van der Waals surface area contributed by atoms with Crippen LogP contribution in [-0.4, -0.2) is 22.6 Å². The van der Waals surface area contributed by atoms with Gasteiger partial charge in [0.25, 0.3) is 0 Å². The van der Waals surface area contributed by atoms with E-state index in [1.807, 2.05) is 0 Å². The summed E-state index contributed by atoms with van der Waals surface area (Å²) >= 11 is 3.52. The molecule has 0 atom stereocenters. The van der Waals surface area contributed by atoms with Gasteiger partial charge in [0, 0.05) is 16.9 Å². The molecule has 0 bridgehead atoms. The van der Waals surface area contributed by atoms with Crippen LogP contribution in [0.4, 0.5) is 0 Å². The highest BCUT2D eigenvalue weighted by molar-refractivity contribution is 9.10. The predicted octanol–water partition coefficient (Wildman–Crippen LogP) is 3.14. The van der Waals surface area contributed by atoms with E-state index < -0.39 is 0 Å². The average molecular weight is 308 g/mol. The molecule has 1 N–H and O–H groups in total. The largest absolute Gasteiger partial charge is 0.325 e.